The van der Waals surface area contributed by atoms with Crippen LogP contribution in [0.2, 0.25) is 0 Å². The number of hydrogen-bond acceptors (Lipinski definition) is 3. The fourth-order valence-corrected chi connectivity index (χ4v) is 3.37. The maximum atomic E-state index is 4.53. The van der Waals surface area contributed by atoms with E-state index < -0.39 is 0 Å². The van der Waals surface area contributed by atoms with Gasteiger partial charge in [0.25, 0.3) is 0 Å². The Hall–Kier alpha value is -1.62. The molecule has 21 heavy (non-hydrogen) atoms. The molecule has 5 heteroatoms. The summed E-state index contributed by atoms with van der Waals surface area (Å²) in [7, 11) is 1.97. The smallest absolute Gasteiger partial charge is 0.0641 e. The highest BCUT2D eigenvalue weighted by Gasteiger charge is 2.20. The van der Waals surface area contributed by atoms with Crippen molar-refractivity contribution >= 4 is 0 Å². The predicted molar refractivity (Wildman–Crippen MR) is 82.9 cm³/mol. The molecule has 1 unspecified atom stereocenters. The Morgan fingerprint density at radius 1 is 1.38 bits per heavy atom. The molecule has 0 bridgehead atoms. The lowest BCUT2D eigenvalue weighted by Crippen LogP contribution is -2.21. The summed E-state index contributed by atoms with van der Waals surface area (Å²) in [6.45, 7) is 5.11. The van der Waals surface area contributed by atoms with Gasteiger partial charge in [-0.15, -0.1) is 0 Å². The van der Waals surface area contributed by atoms with Crippen molar-refractivity contribution in [2.45, 2.75) is 58.2 Å². The van der Waals surface area contributed by atoms with Crippen molar-refractivity contribution in [2.24, 2.45) is 7.05 Å². The van der Waals surface area contributed by atoms with Crippen LogP contribution in [-0.2, 0) is 13.6 Å². The summed E-state index contributed by atoms with van der Waals surface area (Å²) in [6.07, 6.45) is 9.24. The molecule has 0 radical (unpaired) electrons. The van der Waals surface area contributed by atoms with Crippen molar-refractivity contribution in [1.82, 2.24) is 24.9 Å². The average Bonchev–Trinajstić information content (AvgIpc) is 3.15. The Kier molecular flexibility index (Phi) is 4.10. The minimum atomic E-state index is 0.297. The van der Waals surface area contributed by atoms with E-state index in [-0.39, 0.29) is 0 Å². The van der Waals surface area contributed by atoms with Crippen LogP contribution in [0.25, 0.3) is 0 Å². The summed E-state index contributed by atoms with van der Waals surface area (Å²) in [5.74, 6) is 0. The maximum Gasteiger partial charge on any atom is 0.0641 e. The molecule has 1 aliphatic rings. The molecular weight excluding hydrogens is 262 g/mol. The van der Waals surface area contributed by atoms with E-state index in [1.807, 2.05) is 17.9 Å². The summed E-state index contributed by atoms with van der Waals surface area (Å²) in [6, 6.07) is 3.03. The molecule has 1 N–H and O–H groups in total. The molecule has 1 fully saturated rings. The van der Waals surface area contributed by atoms with Gasteiger partial charge in [-0.2, -0.15) is 10.2 Å². The van der Waals surface area contributed by atoms with Crippen LogP contribution in [-0.4, -0.2) is 19.6 Å². The summed E-state index contributed by atoms with van der Waals surface area (Å²) in [5, 5.41) is 12.6. The molecule has 2 aromatic heterocycles. The van der Waals surface area contributed by atoms with E-state index in [0.717, 1.165) is 12.2 Å². The summed E-state index contributed by atoms with van der Waals surface area (Å²) in [4.78, 5) is 0. The van der Waals surface area contributed by atoms with Crippen molar-refractivity contribution in [1.29, 1.82) is 0 Å². The van der Waals surface area contributed by atoms with Gasteiger partial charge in [0.05, 0.1) is 17.4 Å². The van der Waals surface area contributed by atoms with Crippen LogP contribution in [0.15, 0.2) is 18.5 Å². The summed E-state index contributed by atoms with van der Waals surface area (Å²) in [5.41, 5.74) is 3.65. The van der Waals surface area contributed by atoms with Gasteiger partial charge in [0.15, 0.2) is 0 Å². The van der Waals surface area contributed by atoms with Gasteiger partial charge in [0.2, 0.25) is 0 Å². The van der Waals surface area contributed by atoms with Gasteiger partial charge in [0.1, 0.15) is 0 Å². The predicted octanol–water partition coefficient (Wildman–Crippen LogP) is 2.89. The highest BCUT2D eigenvalue weighted by Crippen LogP contribution is 2.29. The molecule has 2 heterocycles. The van der Waals surface area contributed by atoms with Crippen LogP contribution >= 0.6 is 0 Å². The lowest BCUT2D eigenvalue weighted by molar-refractivity contribution is 0.435. The second-order valence-electron chi connectivity index (χ2n) is 6.15. The Morgan fingerprint density at radius 3 is 2.81 bits per heavy atom. The van der Waals surface area contributed by atoms with E-state index in [4.69, 9.17) is 0 Å². The highest BCUT2D eigenvalue weighted by atomic mass is 15.3. The fourth-order valence-electron chi connectivity index (χ4n) is 3.37. The minimum Gasteiger partial charge on any atom is -0.304 e. The van der Waals surface area contributed by atoms with Gasteiger partial charge in [-0.1, -0.05) is 12.8 Å². The number of aromatic nitrogens is 4. The van der Waals surface area contributed by atoms with Crippen molar-refractivity contribution in [3.8, 4) is 0 Å². The SMILES string of the molecule is Cc1nn(C)cc1C(C)NCc1ccnn1C1CCCC1. The number of nitrogens with one attached hydrogen (secondary N) is 1. The molecule has 1 atom stereocenters. The first-order chi connectivity index (χ1) is 10.1. The van der Waals surface area contributed by atoms with Gasteiger partial charge < -0.3 is 5.32 Å². The largest absolute Gasteiger partial charge is 0.304 e. The van der Waals surface area contributed by atoms with Gasteiger partial charge in [-0.25, -0.2) is 0 Å². The standard InChI is InChI=1S/C16H25N5/c1-12(16-11-20(3)19-13(16)2)17-10-15-8-9-18-21(15)14-6-4-5-7-14/h8-9,11-12,14,17H,4-7,10H2,1-3H3. The second-order valence-corrected chi connectivity index (χ2v) is 6.15. The Labute approximate surface area is 126 Å². The van der Waals surface area contributed by atoms with E-state index in [1.54, 1.807) is 0 Å². The lowest BCUT2D eigenvalue weighted by atomic mass is 10.1. The number of aryl methyl sites for hydroxylation is 2. The summed E-state index contributed by atoms with van der Waals surface area (Å²) >= 11 is 0. The van der Waals surface area contributed by atoms with Crippen molar-refractivity contribution in [3.63, 3.8) is 0 Å². The van der Waals surface area contributed by atoms with Crippen molar-refractivity contribution < 1.29 is 0 Å². The first-order valence-electron chi connectivity index (χ1n) is 7.91. The van der Waals surface area contributed by atoms with Crippen molar-refractivity contribution in [3.05, 3.63) is 35.4 Å². The molecule has 0 saturated heterocycles. The van der Waals surface area contributed by atoms with E-state index in [1.165, 1.54) is 36.9 Å². The fraction of sp³-hybridized carbons (Fsp3) is 0.625. The quantitative estimate of drug-likeness (QED) is 0.920. The molecule has 114 valence electrons. The number of hydrogen-bond donors (Lipinski definition) is 1. The third-order valence-electron chi connectivity index (χ3n) is 4.53. The number of rotatable bonds is 5. The zero-order valence-electron chi connectivity index (χ0n) is 13.2. The minimum absolute atomic E-state index is 0.297. The van der Waals surface area contributed by atoms with Gasteiger partial charge in [-0.3, -0.25) is 9.36 Å². The molecule has 0 aliphatic heterocycles. The molecule has 5 nitrogen and oxygen atoms in total. The van der Waals surface area contributed by atoms with Crippen LogP contribution in [0.5, 0.6) is 0 Å². The van der Waals surface area contributed by atoms with E-state index in [0.29, 0.717) is 12.1 Å². The molecule has 1 aliphatic carbocycles. The third-order valence-corrected chi connectivity index (χ3v) is 4.53. The zero-order chi connectivity index (χ0) is 14.8. The molecule has 0 aromatic carbocycles. The van der Waals surface area contributed by atoms with E-state index in [9.17, 15) is 0 Å². The van der Waals surface area contributed by atoms with Gasteiger partial charge >= 0.3 is 0 Å². The molecule has 0 amide bonds. The average molecular weight is 287 g/mol. The first kappa shape index (κ1) is 14.3. The lowest BCUT2D eigenvalue weighted by Gasteiger charge is -2.17. The van der Waals surface area contributed by atoms with E-state index in [2.05, 4.69) is 46.3 Å². The number of nitrogens with zero attached hydrogens (tertiary/aromatic N) is 4. The normalized spacial score (nSPS) is 17.5. The Morgan fingerprint density at radius 2 is 2.14 bits per heavy atom. The highest BCUT2D eigenvalue weighted by molar-refractivity contribution is 5.19. The van der Waals surface area contributed by atoms with Gasteiger partial charge in [0, 0.05) is 37.6 Å². The molecule has 3 rings (SSSR count). The molecule has 2 aromatic rings. The summed E-state index contributed by atoms with van der Waals surface area (Å²) < 4.78 is 4.11. The Balaban J connectivity index is 1.65. The van der Waals surface area contributed by atoms with Crippen LogP contribution < -0.4 is 5.32 Å². The molecular formula is C16H25N5. The second kappa shape index (κ2) is 6.02. The zero-order valence-corrected chi connectivity index (χ0v) is 13.2. The van der Waals surface area contributed by atoms with Crippen LogP contribution in [0.3, 0.4) is 0 Å². The molecule has 1 saturated carbocycles. The topological polar surface area (TPSA) is 47.7 Å². The Bertz CT molecular complexity index is 592. The van der Waals surface area contributed by atoms with Crippen LogP contribution in [0.4, 0.5) is 0 Å². The van der Waals surface area contributed by atoms with Crippen LogP contribution in [0, 0.1) is 6.92 Å². The van der Waals surface area contributed by atoms with Crippen molar-refractivity contribution in [2.75, 3.05) is 0 Å². The monoisotopic (exact) mass is 287 g/mol. The van der Waals surface area contributed by atoms with Crippen LogP contribution in [0.1, 0.15) is 61.6 Å². The van der Waals surface area contributed by atoms with Gasteiger partial charge in [-0.05, 0) is 32.8 Å². The maximum absolute atomic E-state index is 4.53. The first-order valence-corrected chi connectivity index (χ1v) is 7.91. The third kappa shape index (κ3) is 3.02. The van der Waals surface area contributed by atoms with E-state index >= 15 is 0 Å². The molecule has 0 spiro atoms.